The summed E-state index contributed by atoms with van der Waals surface area (Å²) < 4.78 is 47.2. The number of anilines is 2. The fraction of sp³-hybridized carbons (Fsp3) is 0.361. The van der Waals surface area contributed by atoms with Crippen LogP contribution in [0.5, 0.6) is 23.0 Å². The number of hydrogen-bond donors (Lipinski definition) is 1. The molecule has 9 nitrogen and oxygen atoms in total. The van der Waals surface area contributed by atoms with Gasteiger partial charge < -0.3 is 24.8 Å². The Bertz CT molecular complexity index is 1750. The molecule has 1 fully saturated rings. The average molecular weight is 647 g/mol. The number of rotatable bonds is 14. The van der Waals surface area contributed by atoms with E-state index in [-0.39, 0.29) is 29.0 Å². The standard InChI is InChI=1S/C36H40F2N4O5/c1-6-41(7-2)17-8-18-46-33-21-29-27(20-32(33)45-5)30(15-16-40-29)47-31-14-13-26(19-28(31)38)42(25-11-9-24(37)10-12-25)35(44)36(34(39)43)22(3)23(36)4/h9-16,19-23H,6-8,17-18H2,1-5H3,(H2,39,43)/t22-,23+,36?. The number of methoxy groups -OCH3 is 1. The molecule has 0 bridgehead atoms. The minimum absolute atomic E-state index is 0.110. The molecule has 248 valence electrons. The summed E-state index contributed by atoms with van der Waals surface area (Å²) in [4.78, 5) is 34.5. The van der Waals surface area contributed by atoms with E-state index in [9.17, 15) is 14.0 Å². The quantitative estimate of drug-likeness (QED) is 0.118. The molecule has 0 aliphatic heterocycles. The highest BCUT2D eigenvalue weighted by atomic mass is 19.1. The lowest BCUT2D eigenvalue weighted by atomic mass is 9.98. The minimum atomic E-state index is -1.47. The predicted octanol–water partition coefficient (Wildman–Crippen LogP) is 6.85. The van der Waals surface area contributed by atoms with Crippen LogP contribution in [0.25, 0.3) is 10.9 Å². The lowest BCUT2D eigenvalue weighted by Crippen LogP contribution is -2.43. The van der Waals surface area contributed by atoms with Gasteiger partial charge in [-0.1, -0.05) is 27.7 Å². The van der Waals surface area contributed by atoms with E-state index in [2.05, 4.69) is 23.7 Å². The Kier molecular flexibility index (Phi) is 9.95. The summed E-state index contributed by atoms with van der Waals surface area (Å²) in [6, 6.07) is 14.3. The molecule has 1 aliphatic rings. The van der Waals surface area contributed by atoms with Crippen LogP contribution in [0.3, 0.4) is 0 Å². The number of carbonyl (C=O) groups excluding carboxylic acids is 2. The maximum atomic E-state index is 15.8. The second-order valence-electron chi connectivity index (χ2n) is 11.7. The summed E-state index contributed by atoms with van der Waals surface area (Å²) in [7, 11) is 1.54. The molecule has 0 radical (unpaired) electrons. The zero-order chi connectivity index (χ0) is 33.9. The van der Waals surface area contributed by atoms with E-state index in [1.165, 1.54) is 41.3 Å². The second kappa shape index (κ2) is 13.9. The van der Waals surface area contributed by atoms with Gasteiger partial charge in [-0.2, -0.15) is 0 Å². The van der Waals surface area contributed by atoms with E-state index in [4.69, 9.17) is 19.9 Å². The summed E-state index contributed by atoms with van der Waals surface area (Å²) >= 11 is 0. The van der Waals surface area contributed by atoms with Crippen molar-refractivity contribution >= 4 is 34.1 Å². The Labute approximate surface area is 273 Å². The number of nitrogens with zero attached hydrogens (tertiary/aromatic N) is 3. The number of amides is 2. The zero-order valence-electron chi connectivity index (χ0n) is 27.3. The van der Waals surface area contributed by atoms with Crippen LogP contribution in [-0.4, -0.2) is 55.0 Å². The SMILES string of the molecule is CCN(CC)CCCOc1cc2nccc(Oc3ccc(N(C(=O)C4(C(N)=O)[C@H](C)[C@@H]4C)c4ccc(F)cc4)cc3F)c2cc1OC. The molecule has 11 heteroatoms. The number of pyridine rings is 1. The number of ether oxygens (including phenoxy) is 3. The Hall–Kier alpha value is -4.77. The maximum absolute atomic E-state index is 15.8. The van der Waals surface area contributed by atoms with E-state index >= 15 is 4.39 Å². The molecule has 1 aliphatic carbocycles. The van der Waals surface area contributed by atoms with Gasteiger partial charge >= 0.3 is 0 Å². The van der Waals surface area contributed by atoms with Crippen molar-refractivity contribution in [3.63, 3.8) is 0 Å². The molecule has 0 spiro atoms. The number of nitrogens with two attached hydrogens (primary N) is 1. The van der Waals surface area contributed by atoms with Gasteiger partial charge in [-0.15, -0.1) is 0 Å². The largest absolute Gasteiger partial charge is 0.493 e. The van der Waals surface area contributed by atoms with Gasteiger partial charge in [0, 0.05) is 35.9 Å². The first-order chi connectivity index (χ1) is 22.6. The molecule has 1 aromatic heterocycles. The Morgan fingerprint density at radius 1 is 0.894 bits per heavy atom. The predicted molar refractivity (Wildman–Crippen MR) is 176 cm³/mol. The molecule has 0 saturated heterocycles. The lowest BCUT2D eigenvalue weighted by Gasteiger charge is -2.27. The first kappa shape index (κ1) is 33.6. The smallest absolute Gasteiger partial charge is 0.247 e. The highest BCUT2D eigenvalue weighted by molar-refractivity contribution is 6.17. The highest BCUT2D eigenvalue weighted by Crippen LogP contribution is 2.60. The van der Waals surface area contributed by atoms with Crippen molar-refractivity contribution in [3.8, 4) is 23.0 Å². The number of aromatic nitrogens is 1. The normalized spacial score (nSPS) is 18.6. The van der Waals surface area contributed by atoms with Gasteiger partial charge in [0.15, 0.2) is 23.1 Å². The highest BCUT2D eigenvalue weighted by Gasteiger charge is 2.70. The van der Waals surface area contributed by atoms with Crippen LogP contribution in [0, 0.1) is 28.9 Å². The van der Waals surface area contributed by atoms with E-state index < -0.39 is 28.9 Å². The molecule has 3 aromatic carbocycles. The number of primary amides is 1. The van der Waals surface area contributed by atoms with Crippen LogP contribution in [-0.2, 0) is 9.59 Å². The third-order valence-corrected chi connectivity index (χ3v) is 9.28. The second-order valence-corrected chi connectivity index (χ2v) is 11.7. The van der Waals surface area contributed by atoms with Gasteiger partial charge in [-0.3, -0.25) is 19.5 Å². The Morgan fingerprint density at radius 2 is 1.57 bits per heavy atom. The van der Waals surface area contributed by atoms with Gasteiger partial charge in [0.25, 0.3) is 0 Å². The number of benzene rings is 3. The molecule has 3 atom stereocenters. The van der Waals surface area contributed by atoms with Gasteiger partial charge in [0.1, 0.15) is 17.0 Å². The molecule has 47 heavy (non-hydrogen) atoms. The van der Waals surface area contributed by atoms with E-state index in [0.29, 0.717) is 34.8 Å². The van der Waals surface area contributed by atoms with Crippen LogP contribution >= 0.6 is 0 Å². The Morgan fingerprint density at radius 3 is 2.17 bits per heavy atom. The summed E-state index contributed by atoms with van der Waals surface area (Å²) in [5.74, 6) is -2.05. The topological polar surface area (TPSA) is 107 Å². The van der Waals surface area contributed by atoms with E-state index in [0.717, 1.165) is 32.1 Å². The minimum Gasteiger partial charge on any atom is -0.493 e. The third kappa shape index (κ3) is 6.44. The fourth-order valence-electron chi connectivity index (χ4n) is 6.21. The number of carbonyl (C=O) groups is 2. The van der Waals surface area contributed by atoms with Gasteiger partial charge in [-0.25, -0.2) is 8.78 Å². The van der Waals surface area contributed by atoms with Crippen LogP contribution in [0.2, 0.25) is 0 Å². The van der Waals surface area contributed by atoms with Crippen LogP contribution < -0.4 is 24.8 Å². The van der Waals surface area contributed by atoms with E-state index in [1.807, 2.05) is 0 Å². The number of hydrogen-bond acceptors (Lipinski definition) is 7. The number of fused-ring (bicyclic) bond motifs is 1. The molecular formula is C36H40F2N4O5. The van der Waals surface area contributed by atoms with Crippen molar-refractivity contribution in [2.75, 3.05) is 38.3 Å². The van der Waals surface area contributed by atoms with Crippen molar-refractivity contribution in [1.29, 1.82) is 0 Å². The van der Waals surface area contributed by atoms with Gasteiger partial charge in [0.2, 0.25) is 11.8 Å². The first-order valence-electron chi connectivity index (χ1n) is 15.8. The summed E-state index contributed by atoms with van der Waals surface area (Å²) in [6.07, 6.45) is 2.40. The Balaban J connectivity index is 1.43. The monoisotopic (exact) mass is 646 g/mol. The van der Waals surface area contributed by atoms with Gasteiger partial charge in [0.05, 0.1) is 24.9 Å². The van der Waals surface area contributed by atoms with Crippen molar-refractivity contribution in [2.45, 2.75) is 34.1 Å². The van der Waals surface area contributed by atoms with Crippen LogP contribution in [0.15, 0.2) is 66.9 Å². The molecule has 1 unspecified atom stereocenters. The summed E-state index contributed by atoms with van der Waals surface area (Å²) in [5.41, 5.74) is 5.22. The van der Waals surface area contributed by atoms with Crippen molar-refractivity contribution < 1.29 is 32.6 Å². The lowest BCUT2D eigenvalue weighted by molar-refractivity contribution is -0.134. The van der Waals surface area contributed by atoms with Crippen molar-refractivity contribution in [1.82, 2.24) is 9.88 Å². The average Bonchev–Trinajstić information content (AvgIpc) is 3.63. The maximum Gasteiger partial charge on any atom is 0.247 e. The molecular weight excluding hydrogens is 606 g/mol. The van der Waals surface area contributed by atoms with Crippen molar-refractivity contribution in [3.05, 3.63) is 78.5 Å². The third-order valence-electron chi connectivity index (χ3n) is 9.28. The zero-order valence-corrected chi connectivity index (χ0v) is 27.3. The molecule has 5 rings (SSSR count). The van der Waals surface area contributed by atoms with Gasteiger partial charge in [-0.05, 0) is 79.9 Å². The van der Waals surface area contributed by atoms with Crippen LogP contribution in [0.1, 0.15) is 34.1 Å². The molecule has 2 N–H and O–H groups in total. The van der Waals surface area contributed by atoms with E-state index in [1.54, 1.807) is 45.4 Å². The number of halogens is 2. The van der Waals surface area contributed by atoms with Crippen LogP contribution in [0.4, 0.5) is 20.2 Å². The summed E-state index contributed by atoms with van der Waals surface area (Å²) in [5, 5.41) is 0.576. The first-order valence-corrected chi connectivity index (χ1v) is 15.8. The molecule has 4 aromatic rings. The molecule has 1 heterocycles. The van der Waals surface area contributed by atoms with Crippen molar-refractivity contribution in [2.24, 2.45) is 23.0 Å². The summed E-state index contributed by atoms with van der Waals surface area (Å²) in [6.45, 7) is 11.2. The molecule has 1 saturated carbocycles. The molecule has 2 amide bonds. The fourth-order valence-corrected chi connectivity index (χ4v) is 6.21.